The summed E-state index contributed by atoms with van der Waals surface area (Å²) >= 11 is 0. The van der Waals surface area contributed by atoms with E-state index in [4.69, 9.17) is 9.97 Å². The number of allylic oxidation sites excluding steroid dienone is 3. The maximum absolute atomic E-state index is 13.9. The van der Waals surface area contributed by atoms with Crippen LogP contribution in [0.2, 0.25) is 0 Å². The molecule has 0 atom stereocenters. The number of para-hydroxylation sites is 2. The van der Waals surface area contributed by atoms with E-state index in [0.717, 1.165) is 56.6 Å². The summed E-state index contributed by atoms with van der Waals surface area (Å²) in [5, 5.41) is 0. The minimum absolute atomic E-state index is 0.161. The van der Waals surface area contributed by atoms with Gasteiger partial charge in [-0.1, -0.05) is 109 Å². The predicted octanol–water partition coefficient (Wildman–Crippen LogP) is 12.2. The number of aryl methyl sites for hydroxylation is 3. The second-order valence-corrected chi connectivity index (χ2v) is 16.0. The number of ketones is 2. The zero-order valence-electron chi connectivity index (χ0n) is 32.9. The van der Waals surface area contributed by atoms with Crippen LogP contribution < -0.4 is 9.80 Å². The number of benzene rings is 4. The van der Waals surface area contributed by atoms with Crippen LogP contribution in [0.3, 0.4) is 0 Å². The third kappa shape index (κ3) is 5.98. The van der Waals surface area contributed by atoms with Gasteiger partial charge in [-0.3, -0.25) is 19.4 Å². The molecule has 0 amide bonds. The molecule has 6 nitrogen and oxygen atoms in total. The molecule has 0 unspecified atom stereocenters. The van der Waals surface area contributed by atoms with Crippen molar-refractivity contribution in [3.05, 3.63) is 140 Å². The molecule has 0 saturated carbocycles. The van der Waals surface area contributed by atoms with Gasteiger partial charge in [-0.05, 0) is 108 Å². The van der Waals surface area contributed by atoms with Crippen molar-refractivity contribution >= 4 is 45.6 Å². The lowest BCUT2D eigenvalue weighted by molar-refractivity contribution is 0.0988. The first-order valence-electron chi connectivity index (χ1n) is 19.0. The van der Waals surface area contributed by atoms with Crippen molar-refractivity contribution in [2.45, 2.75) is 99.8 Å². The Hall–Kier alpha value is -5.36. The fraction of sp³-hybridized carbons (Fsp3) is 0.319. The first kappa shape index (κ1) is 36.0. The van der Waals surface area contributed by atoms with Crippen LogP contribution in [0.5, 0.6) is 0 Å². The van der Waals surface area contributed by atoms with E-state index < -0.39 is 0 Å². The fourth-order valence-electron chi connectivity index (χ4n) is 7.79. The Bertz CT molecular complexity index is 2220. The predicted molar refractivity (Wildman–Crippen MR) is 219 cm³/mol. The molecule has 0 bridgehead atoms. The number of nitrogens with zero attached hydrogens (tertiary/aromatic N) is 4. The molecule has 7 rings (SSSR count). The molecule has 6 heteroatoms. The number of Topliss-reactive ketones (excluding diaryl/α,β-unsaturated/α-hetero) is 2. The van der Waals surface area contributed by atoms with Crippen LogP contribution in [0.15, 0.2) is 90.3 Å². The lowest BCUT2D eigenvalue weighted by atomic mass is 9.91. The Morgan fingerprint density at radius 3 is 1.36 bits per heavy atom. The van der Waals surface area contributed by atoms with Crippen LogP contribution in [-0.2, 0) is 0 Å². The maximum Gasteiger partial charge on any atom is 0.197 e. The summed E-state index contributed by atoms with van der Waals surface area (Å²) in [5.74, 6) is 2.51. The van der Waals surface area contributed by atoms with Gasteiger partial charge in [-0.15, -0.1) is 0 Å². The van der Waals surface area contributed by atoms with E-state index in [1.807, 2.05) is 25.1 Å². The number of rotatable bonds is 7. The standard InChI is InChI=1S/C47H50N4O2/c1-25(2)32-14-12-15-33(26(3)4)42(32)50-41(21-20-37-44(52)36-19-18-29(9)22-38(36)45(37)53)51(43-34(27(5)6)16-13-17-35(43)28(7)8)47-46(50)48-39-23-30(10)31(11)24-40(39)49-47/h12-28H,1-11H3/b37-20+. The van der Waals surface area contributed by atoms with Crippen molar-refractivity contribution in [3.63, 3.8) is 0 Å². The molecule has 0 fully saturated rings. The second-order valence-electron chi connectivity index (χ2n) is 16.0. The highest BCUT2D eigenvalue weighted by atomic mass is 16.2. The summed E-state index contributed by atoms with van der Waals surface area (Å²) < 4.78 is 0. The first-order valence-corrected chi connectivity index (χ1v) is 19.0. The van der Waals surface area contributed by atoms with E-state index in [9.17, 15) is 9.59 Å². The molecule has 2 aliphatic rings. The van der Waals surface area contributed by atoms with Crippen LogP contribution in [0, 0.1) is 20.8 Å². The van der Waals surface area contributed by atoms with Gasteiger partial charge < -0.3 is 0 Å². The maximum atomic E-state index is 13.9. The third-order valence-corrected chi connectivity index (χ3v) is 10.8. The van der Waals surface area contributed by atoms with E-state index in [2.05, 4.69) is 128 Å². The zero-order chi connectivity index (χ0) is 38.0. The molecule has 0 saturated heterocycles. The number of carbonyl (C=O) groups excluding carboxylic acids is 2. The van der Waals surface area contributed by atoms with Crippen molar-refractivity contribution in [1.29, 1.82) is 0 Å². The lowest BCUT2D eigenvalue weighted by Crippen LogP contribution is -2.26. The average Bonchev–Trinajstić information content (AvgIpc) is 3.54. The Kier molecular flexibility index (Phi) is 9.22. The Balaban J connectivity index is 1.63. The van der Waals surface area contributed by atoms with Crippen LogP contribution in [0.25, 0.3) is 11.0 Å². The largest absolute Gasteiger partial charge is 0.288 e. The molecule has 0 spiro atoms. The number of fused-ring (bicyclic) bond motifs is 3. The highest BCUT2D eigenvalue weighted by Gasteiger charge is 2.41. The zero-order valence-corrected chi connectivity index (χ0v) is 32.9. The van der Waals surface area contributed by atoms with Gasteiger partial charge in [0.1, 0.15) is 5.82 Å². The molecule has 53 heavy (non-hydrogen) atoms. The topological polar surface area (TPSA) is 66.4 Å². The van der Waals surface area contributed by atoms with Gasteiger partial charge in [0.2, 0.25) is 0 Å². The van der Waals surface area contributed by atoms with E-state index in [-0.39, 0.29) is 40.8 Å². The smallest absolute Gasteiger partial charge is 0.197 e. The average molecular weight is 703 g/mol. The Labute approximate surface area is 314 Å². The highest BCUT2D eigenvalue weighted by molar-refractivity contribution is 6.39. The van der Waals surface area contributed by atoms with Gasteiger partial charge in [-0.25, -0.2) is 9.97 Å². The minimum atomic E-state index is -0.251. The van der Waals surface area contributed by atoms with Gasteiger partial charge in [0.05, 0.1) is 28.0 Å². The summed E-state index contributed by atoms with van der Waals surface area (Å²) in [7, 11) is 0. The normalized spacial score (nSPS) is 15.0. The van der Waals surface area contributed by atoms with E-state index in [0.29, 0.717) is 11.1 Å². The van der Waals surface area contributed by atoms with Crippen molar-refractivity contribution in [3.8, 4) is 0 Å². The summed E-state index contributed by atoms with van der Waals surface area (Å²) in [4.78, 5) is 43.2. The van der Waals surface area contributed by atoms with Gasteiger partial charge in [0.15, 0.2) is 23.2 Å². The van der Waals surface area contributed by atoms with E-state index in [1.165, 1.54) is 22.3 Å². The van der Waals surface area contributed by atoms with Crippen LogP contribution in [0.1, 0.15) is 139 Å². The molecular formula is C47H50N4O2. The Morgan fingerprint density at radius 2 is 0.943 bits per heavy atom. The number of hydrogen-bond donors (Lipinski definition) is 0. The van der Waals surface area contributed by atoms with E-state index >= 15 is 0 Å². The molecule has 1 aromatic heterocycles. The third-order valence-electron chi connectivity index (χ3n) is 10.8. The molecule has 1 aliphatic heterocycles. The summed E-state index contributed by atoms with van der Waals surface area (Å²) in [5.41, 5.74) is 12.8. The summed E-state index contributed by atoms with van der Waals surface area (Å²) in [6, 6.07) is 22.8. The van der Waals surface area contributed by atoms with Gasteiger partial charge in [0, 0.05) is 11.1 Å². The lowest BCUT2D eigenvalue weighted by Gasteiger charge is -2.32. The van der Waals surface area contributed by atoms with Crippen molar-refractivity contribution in [2.75, 3.05) is 9.80 Å². The molecular weight excluding hydrogens is 653 g/mol. The fourth-order valence-corrected chi connectivity index (χ4v) is 7.79. The van der Waals surface area contributed by atoms with Crippen molar-refractivity contribution in [2.24, 2.45) is 0 Å². The van der Waals surface area contributed by atoms with Gasteiger partial charge in [-0.2, -0.15) is 0 Å². The quantitative estimate of drug-likeness (QED) is 0.124. The summed E-state index contributed by atoms with van der Waals surface area (Å²) in [6.45, 7) is 23.9. The number of anilines is 4. The second kappa shape index (κ2) is 13.6. The van der Waals surface area contributed by atoms with Crippen LogP contribution >= 0.6 is 0 Å². The highest BCUT2D eigenvalue weighted by Crippen LogP contribution is 2.54. The monoisotopic (exact) mass is 702 g/mol. The SMILES string of the molecule is Cc1ccc2c(c1)C(=O)/C(=C/C=C1N(c3c(C(C)C)cccc3C(C)C)c3nc4cc(C)c(C)cc4nc3N1c1c(C(C)C)cccc1C(C)C)C2=O. The molecule has 1 aliphatic carbocycles. The van der Waals surface area contributed by atoms with Crippen LogP contribution in [-0.4, -0.2) is 21.5 Å². The number of carbonyl (C=O) groups is 2. The molecule has 2 heterocycles. The molecule has 0 radical (unpaired) electrons. The molecule has 0 N–H and O–H groups in total. The van der Waals surface area contributed by atoms with E-state index in [1.54, 1.807) is 12.1 Å². The van der Waals surface area contributed by atoms with Crippen LogP contribution in [0.4, 0.5) is 23.0 Å². The number of aromatic nitrogens is 2. The first-order chi connectivity index (χ1) is 25.2. The van der Waals surface area contributed by atoms with Gasteiger partial charge in [0.25, 0.3) is 0 Å². The van der Waals surface area contributed by atoms with Crippen molar-refractivity contribution < 1.29 is 9.59 Å². The van der Waals surface area contributed by atoms with Crippen molar-refractivity contribution in [1.82, 2.24) is 9.97 Å². The summed E-state index contributed by atoms with van der Waals surface area (Å²) in [6.07, 6.45) is 3.69. The Morgan fingerprint density at radius 1 is 0.528 bits per heavy atom. The molecule has 5 aromatic rings. The molecule has 270 valence electrons. The minimum Gasteiger partial charge on any atom is -0.288 e. The van der Waals surface area contributed by atoms with Gasteiger partial charge >= 0.3 is 0 Å². The number of hydrogen-bond acceptors (Lipinski definition) is 6. The molecule has 4 aromatic carbocycles.